The summed E-state index contributed by atoms with van der Waals surface area (Å²) in [6.45, 7) is 0. The lowest BCUT2D eigenvalue weighted by molar-refractivity contribution is -0.385. The molecule has 1 aromatic carbocycles. The predicted molar refractivity (Wildman–Crippen MR) is 72.2 cm³/mol. The number of hydrogen-bond acceptors (Lipinski definition) is 6. The first-order valence-corrected chi connectivity index (χ1v) is 6.43. The molecule has 0 N–H and O–H groups in total. The van der Waals surface area contributed by atoms with Crippen molar-refractivity contribution in [2.75, 3.05) is 7.11 Å². The molecule has 2 rings (SSSR count). The Balaban J connectivity index is 2.64. The molecular weight excluding hydrogens is 282 g/mol. The van der Waals surface area contributed by atoms with Gasteiger partial charge in [-0.1, -0.05) is 6.07 Å². The SMILES string of the molecule is COC(=O)c1c(C(=O)c2ccsc2)cccc1[N+](=O)[O-]. The van der Waals surface area contributed by atoms with Crippen LogP contribution < -0.4 is 0 Å². The Morgan fingerprint density at radius 2 is 2.05 bits per heavy atom. The van der Waals surface area contributed by atoms with Gasteiger partial charge in [0.15, 0.2) is 5.78 Å². The largest absolute Gasteiger partial charge is 0.465 e. The Morgan fingerprint density at radius 1 is 1.30 bits per heavy atom. The Hall–Kier alpha value is -2.54. The fourth-order valence-electron chi connectivity index (χ4n) is 1.75. The second-order valence-electron chi connectivity index (χ2n) is 3.79. The number of benzene rings is 1. The number of esters is 1. The number of ether oxygens (including phenoxy) is 1. The second kappa shape index (κ2) is 5.62. The van der Waals surface area contributed by atoms with Crippen molar-refractivity contribution in [3.63, 3.8) is 0 Å². The van der Waals surface area contributed by atoms with Crippen molar-refractivity contribution in [2.24, 2.45) is 0 Å². The average molecular weight is 291 g/mol. The number of methoxy groups -OCH3 is 1. The van der Waals surface area contributed by atoms with E-state index >= 15 is 0 Å². The summed E-state index contributed by atoms with van der Waals surface area (Å²) < 4.78 is 4.54. The zero-order valence-electron chi connectivity index (χ0n) is 10.4. The van der Waals surface area contributed by atoms with E-state index in [1.54, 1.807) is 16.8 Å². The average Bonchev–Trinajstić information content (AvgIpc) is 2.98. The zero-order chi connectivity index (χ0) is 14.7. The summed E-state index contributed by atoms with van der Waals surface area (Å²) in [5, 5.41) is 14.3. The maximum absolute atomic E-state index is 12.3. The summed E-state index contributed by atoms with van der Waals surface area (Å²) in [6.07, 6.45) is 0. The third kappa shape index (κ3) is 2.43. The van der Waals surface area contributed by atoms with Crippen LogP contribution in [-0.2, 0) is 4.74 Å². The van der Waals surface area contributed by atoms with Gasteiger partial charge in [0.2, 0.25) is 0 Å². The minimum Gasteiger partial charge on any atom is -0.465 e. The molecule has 1 heterocycles. The molecule has 20 heavy (non-hydrogen) atoms. The maximum Gasteiger partial charge on any atom is 0.345 e. The summed E-state index contributed by atoms with van der Waals surface area (Å²) >= 11 is 1.32. The third-order valence-electron chi connectivity index (χ3n) is 2.66. The van der Waals surface area contributed by atoms with E-state index in [0.29, 0.717) is 5.56 Å². The molecule has 0 unspecified atom stereocenters. The molecule has 0 saturated carbocycles. The highest BCUT2D eigenvalue weighted by Gasteiger charge is 2.28. The van der Waals surface area contributed by atoms with E-state index in [-0.39, 0.29) is 11.1 Å². The Bertz CT molecular complexity index is 678. The van der Waals surface area contributed by atoms with E-state index in [9.17, 15) is 19.7 Å². The van der Waals surface area contributed by atoms with Crippen LogP contribution in [-0.4, -0.2) is 23.8 Å². The molecule has 0 spiro atoms. The van der Waals surface area contributed by atoms with E-state index < -0.39 is 22.4 Å². The fourth-order valence-corrected chi connectivity index (χ4v) is 2.38. The van der Waals surface area contributed by atoms with Crippen LogP contribution in [0.5, 0.6) is 0 Å². The van der Waals surface area contributed by atoms with Crippen LogP contribution >= 0.6 is 11.3 Å². The van der Waals surface area contributed by atoms with Gasteiger partial charge < -0.3 is 4.74 Å². The third-order valence-corrected chi connectivity index (χ3v) is 3.34. The monoisotopic (exact) mass is 291 g/mol. The van der Waals surface area contributed by atoms with E-state index in [0.717, 1.165) is 13.2 Å². The quantitative estimate of drug-likeness (QED) is 0.374. The first kappa shape index (κ1) is 13.9. The van der Waals surface area contributed by atoms with Gasteiger partial charge in [0, 0.05) is 22.6 Å². The van der Waals surface area contributed by atoms with Crippen molar-refractivity contribution in [1.82, 2.24) is 0 Å². The van der Waals surface area contributed by atoms with Crippen LogP contribution in [0.3, 0.4) is 0 Å². The number of nitrogens with zero attached hydrogens (tertiary/aromatic N) is 1. The number of hydrogen-bond donors (Lipinski definition) is 0. The van der Waals surface area contributed by atoms with Crippen molar-refractivity contribution < 1.29 is 19.2 Å². The van der Waals surface area contributed by atoms with Crippen molar-refractivity contribution in [3.05, 3.63) is 61.8 Å². The van der Waals surface area contributed by atoms with Gasteiger partial charge in [-0.25, -0.2) is 4.79 Å². The number of thiophene rings is 1. The van der Waals surface area contributed by atoms with Gasteiger partial charge in [-0.15, -0.1) is 0 Å². The molecule has 0 bridgehead atoms. The number of ketones is 1. The summed E-state index contributed by atoms with van der Waals surface area (Å²) in [5.41, 5.74) is -0.431. The number of nitro benzene ring substituents is 1. The van der Waals surface area contributed by atoms with Crippen LogP contribution in [0.4, 0.5) is 5.69 Å². The summed E-state index contributed by atoms with van der Waals surface area (Å²) in [5.74, 6) is -1.36. The van der Waals surface area contributed by atoms with Crippen LogP contribution in [0.2, 0.25) is 0 Å². The van der Waals surface area contributed by atoms with Crippen LogP contribution in [0, 0.1) is 10.1 Å². The van der Waals surface area contributed by atoms with E-state index in [1.165, 1.54) is 23.5 Å². The smallest absolute Gasteiger partial charge is 0.345 e. The van der Waals surface area contributed by atoms with E-state index in [1.807, 2.05) is 0 Å². The van der Waals surface area contributed by atoms with Gasteiger partial charge in [0.1, 0.15) is 5.56 Å². The van der Waals surface area contributed by atoms with E-state index in [2.05, 4.69) is 4.74 Å². The van der Waals surface area contributed by atoms with Crippen molar-refractivity contribution in [3.8, 4) is 0 Å². The topological polar surface area (TPSA) is 86.5 Å². The van der Waals surface area contributed by atoms with Gasteiger partial charge in [0.05, 0.1) is 12.0 Å². The lowest BCUT2D eigenvalue weighted by Gasteiger charge is -2.06. The molecule has 0 radical (unpaired) electrons. The Kier molecular flexibility index (Phi) is 3.90. The number of rotatable bonds is 4. The standard InChI is InChI=1S/C13H9NO5S/c1-19-13(16)11-9(3-2-4-10(11)14(17)18)12(15)8-5-6-20-7-8/h2-7H,1H3. The first-order chi connectivity index (χ1) is 9.56. The molecule has 7 heteroatoms. The molecule has 0 amide bonds. The van der Waals surface area contributed by atoms with Crippen molar-refractivity contribution in [2.45, 2.75) is 0 Å². The van der Waals surface area contributed by atoms with Gasteiger partial charge >= 0.3 is 5.97 Å². The van der Waals surface area contributed by atoms with E-state index in [4.69, 9.17) is 0 Å². The first-order valence-electron chi connectivity index (χ1n) is 5.49. The number of carbonyl (C=O) groups excluding carboxylic acids is 2. The Morgan fingerprint density at radius 3 is 2.60 bits per heavy atom. The lowest BCUT2D eigenvalue weighted by atomic mass is 9.98. The number of nitro groups is 1. The molecule has 0 fully saturated rings. The van der Waals surface area contributed by atoms with Crippen LogP contribution in [0.1, 0.15) is 26.3 Å². The molecule has 0 saturated heterocycles. The highest BCUT2D eigenvalue weighted by atomic mass is 32.1. The normalized spacial score (nSPS) is 10.1. The fraction of sp³-hybridized carbons (Fsp3) is 0.0769. The minimum absolute atomic E-state index is 0.0375. The van der Waals surface area contributed by atoms with Gasteiger partial charge in [-0.2, -0.15) is 11.3 Å². The minimum atomic E-state index is -0.907. The number of carbonyl (C=O) groups is 2. The highest BCUT2D eigenvalue weighted by molar-refractivity contribution is 7.08. The van der Waals surface area contributed by atoms with Crippen molar-refractivity contribution >= 4 is 28.8 Å². The molecule has 0 aliphatic heterocycles. The van der Waals surface area contributed by atoms with Gasteiger partial charge in [0.25, 0.3) is 5.69 Å². The molecule has 1 aromatic heterocycles. The second-order valence-corrected chi connectivity index (χ2v) is 4.57. The van der Waals surface area contributed by atoms with Gasteiger partial charge in [-0.05, 0) is 17.5 Å². The molecule has 2 aromatic rings. The van der Waals surface area contributed by atoms with Crippen molar-refractivity contribution in [1.29, 1.82) is 0 Å². The van der Waals surface area contributed by atoms with Crippen LogP contribution in [0.25, 0.3) is 0 Å². The molecule has 102 valence electrons. The zero-order valence-corrected chi connectivity index (χ0v) is 11.2. The summed E-state index contributed by atoms with van der Waals surface area (Å²) in [4.78, 5) is 34.3. The molecule has 6 nitrogen and oxygen atoms in total. The maximum atomic E-state index is 12.3. The molecule has 0 atom stereocenters. The highest BCUT2D eigenvalue weighted by Crippen LogP contribution is 2.25. The van der Waals surface area contributed by atoms with Crippen LogP contribution in [0.15, 0.2) is 35.0 Å². The molecule has 0 aliphatic rings. The molecule has 0 aliphatic carbocycles. The lowest BCUT2D eigenvalue weighted by Crippen LogP contribution is -2.13. The van der Waals surface area contributed by atoms with Gasteiger partial charge in [-0.3, -0.25) is 14.9 Å². The molecular formula is C13H9NO5S. The summed E-state index contributed by atoms with van der Waals surface area (Å²) in [6, 6.07) is 5.49. The predicted octanol–water partition coefficient (Wildman–Crippen LogP) is 2.67. The Labute approximate surface area is 117 Å². The summed E-state index contributed by atoms with van der Waals surface area (Å²) in [7, 11) is 1.11.